The lowest BCUT2D eigenvalue weighted by Crippen LogP contribution is -2.07. The number of rotatable bonds is 9. The summed E-state index contributed by atoms with van der Waals surface area (Å²) in [5.74, 6) is 0.745. The summed E-state index contributed by atoms with van der Waals surface area (Å²) in [6, 6.07) is 3.52. The van der Waals surface area contributed by atoms with E-state index in [0.717, 1.165) is 31.8 Å². The normalized spacial score (nSPS) is 10.5. The summed E-state index contributed by atoms with van der Waals surface area (Å²) >= 11 is 5.63. The smallest absolute Gasteiger partial charge is 0.151 e. The Hall–Kier alpha value is -0.910. The van der Waals surface area contributed by atoms with Crippen LogP contribution in [-0.2, 0) is 9.47 Å². The van der Waals surface area contributed by atoms with Crippen molar-refractivity contribution in [3.8, 4) is 0 Å². The Bertz CT molecular complexity index is 295. The molecule has 6 heteroatoms. The van der Waals surface area contributed by atoms with E-state index in [2.05, 4.69) is 15.5 Å². The first-order chi connectivity index (χ1) is 8.33. The molecule has 0 saturated heterocycles. The van der Waals surface area contributed by atoms with Gasteiger partial charge >= 0.3 is 0 Å². The molecule has 0 atom stereocenters. The van der Waals surface area contributed by atoms with Crippen LogP contribution >= 0.6 is 11.6 Å². The van der Waals surface area contributed by atoms with Gasteiger partial charge < -0.3 is 14.8 Å². The lowest BCUT2D eigenvalue weighted by molar-refractivity contribution is 0.0691. The lowest BCUT2D eigenvalue weighted by atomic mass is 10.3. The summed E-state index contributed by atoms with van der Waals surface area (Å²) < 4.78 is 10.2. The van der Waals surface area contributed by atoms with Crippen LogP contribution < -0.4 is 5.32 Å². The van der Waals surface area contributed by atoms with Gasteiger partial charge in [-0.1, -0.05) is 11.6 Å². The van der Waals surface area contributed by atoms with Crippen LogP contribution in [0.4, 0.5) is 5.82 Å². The zero-order chi connectivity index (χ0) is 12.3. The maximum absolute atomic E-state index is 5.63. The second kappa shape index (κ2) is 9.15. The van der Waals surface area contributed by atoms with Gasteiger partial charge in [-0.05, 0) is 25.0 Å². The molecule has 0 spiro atoms. The molecule has 17 heavy (non-hydrogen) atoms. The van der Waals surface area contributed by atoms with Gasteiger partial charge in [0.1, 0.15) is 5.82 Å². The van der Waals surface area contributed by atoms with Gasteiger partial charge in [0.2, 0.25) is 0 Å². The third kappa shape index (κ3) is 7.10. The van der Waals surface area contributed by atoms with Gasteiger partial charge in [-0.3, -0.25) is 0 Å². The van der Waals surface area contributed by atoms with Crippen LogP contribution in [0.3, 0.4) is 0 Å². The quantitative estimate of drug-likeness (QED) is 0.688. The number of hydrogen-bond donors (Lipinski definition) is 1. The zero-order valence-corrected chi connectivity index (χ0v) is 10.7. The van der Waals surface area contributed by atoms with E-state index in [1.165, 1.54) is 0 Å². The third-order valence-corrected chi connectivity index (χ3v) is 2.29. The van der Waals surface area contributed by atoms with Crippen molar-refractivity contribution >= 4 is 17.4 Å². The topological polar surface area (TPSA) is 56.3 Å². The molecular formula is C11H18ClN3O2. The van der Waals surface area contributed by atoms with Gasteiger partial charge in [-0.2, -0.15) is 0 Å². The largest absolute Gasteiger partial charge is 0.382 e. The van der Waals surface area contributed by atoms with E-state index in [0.29, 0.717) is 18.4 Å². The first-order valence-electron chi connectivity index (χ1n) is 5.62. The average molecular weight is 260 g/mol. The molecule has 0 aromatic carbocycles. The van der Waals surface area contributed by atoms with Crippen molar-refractivity contribution in [2.24, 2.45) is 0 Å². The summed E-state index contributed by atoms with van der Waals surface area (Å²) in [6.45, 7) is 2.92. The Morgan fingerprint density at radius 1 is 1.18 bits per heavy atom. The average Bonchev–Trinajstić information content (AvgIpc) is 2.35. The molecule has 1 rings (SSSR count). The SMILES string of the molecule is COCCOCCCCNc1ccc(Cl)nn1. The number of methoxy groups -OCH3 is 1. The maximum atomic E-state index is 5.63. The fourth-order valence-corrected chi connectivity index (χ4v) is 1.30. The summed E-state index contributed by atoms with van der Waals surface area (Å²) in [5, 5.41) is 11.2. The van der Waals surface area contributed by atoms with Crippen LogP contribution in [0.1, 0.15) is 12.8 Å². The number of unbranched alkanes of at least 4 members (excludes halogenated alkanes) is 1. The molecule has 0 fully saturated rings. The van der Waals surface area contributed by atoms with Crippen LogP contribution in [0.2, 0.25) is 5.15 Å². The van der Waals surface area contributed by atoms with Crippen molar-refractivity contribution < 1.29 is 9.47 Å². The standard InChI is InChI=1S/C11H18ClN3O2/c1-16-8-9-17-7-3-2-6-13-11-5-4-10(12)14-15-11/h4-5H,2-3,6-9H2,1H3,(H,13,15). The van der Waals surface area contributed by atoms with Crippen molar-refractivity contribution in [3.63, 3.8) is 0 Å². The number of hydrogen-bond acceptors (Lipinski definition) is 5. The van der Waals surface area contributed by atoms with Gasteiger partial charge in [-0.15, -0.1) is 10.2 Å². The molecule has 5 nitrogen and oxygen atoms in total. The molecule has 1 aromatic heterocycles. The van der Waals surface area contributed by atoms with Crippen LogP contribution in [0.15, 0.2) is 12.1 Å². The minimum atomic E-state index is 0.405. The molecular weight excluding hydrogens is 242 g/mol. The monoisotopic (exact) mass is 259 g/mol. The molecule has 0 aliphatic heterocycles. The van der Waals surface area contributed by atoms with E-state index >= 15 is 0 Å². The number of anilines is 1. The van der Waals surface area contributed by atoms with Crippen LogP contribution in [-0.4, -0.2) is 43.7 Å². The predicted molar refractivity (Wildman–Crippen MR) is 67.5 cm³/mol. The Morgan fingerprint density at radius 3 is 2.76 bits per heavy atom. The molecule has 0 saturated carbocycles. The number of aromatic nitrogens is 2. The van der Waals surface area contributed by atoms with Gasteiger partial charge in [0.15, 0.2) is 5.15 Å². The number of nitrogens with zero attached hydrogens (tertiary/aromatic N) is 2. The molecule has 1 aromatic rings. The Morgan fingerprint density at radius 2 is 2.06 bits per heavy atom. The minimum absolute atomic E-state index is 0.405. The highest BCUT2D eigenvalue weighted by molar-refractivity contribution is 6.29. The molecule has 0 aliphatic carbocycles. The zero-order valence-electron chi connectivity index (χ0n) is 9.99. The second-order valence-corrected chi connectivity index (χ2v) is 3.87. The van der Waals surface area contributed by atoms with Crippen molar-refractivity contribution in [2.45, 2.75) is 12.8 Å². The Labute approximate surface area is 106 Å². The molecule has 1 heterocycles. The Kier molecular flexibility index (Phi) is 7.62. The van der Waals surface area contributed by atoms with Crippen LogP contribution in [0, 0.1) is 0 Å². The summed E-state index contributed by atoms with van der Waals surface area (Å²) in [6.07, 6.45) is 2.04. The minimum Gasteiger partial charge on any atom is -0.382 e. The molecule has 0 aliphatic rings. The van der Waals surface area contributed by atoms with Gasteiger partial charge in [-0.25, -0.2) is 0 Å². The van der Waals surface area contributed by atoms with Crippen molar-refractivity contribution in [1.29, 1.82) is 0 Å². The summed E-state index contributed by atoms with van der Waals surface area (Å²) in [5.41, 5.74) is 0. The molecule has 0 unspecified atom stereocenters. The van der Waals surface area contributed by atoms with E-state index in [9.17, 15) is 0 Å². The van der Waals surface area contributed by atoms with E-state index in [4.69, 9.17) is 21.1 Å². The van der Waals surface area contributed by atoms with Crippen LogP contribution in [0.5, 0.6) is 0 Å². The van der Waals surface area contributed by atoms with Gasteiger partial charge in [0, 0.05) is 20.3 Å². The predicted octanol–water partition coefficient (Wildman–Crippen LogP) is 1.99. The molecule has 1 N–H and O–H groups in total. The van der Waals surface area contributed by atoms with Crippen LogP contribution in [0.25, 0.3) is 0 Å². The fraction of sp³-hybridized carbons (Fsp3) is 0.636. The Balaban J connectivity index is 1.95. The first-order valence-corrected chi connectivity index (χ1v) is 6.00. The lowest BCUT2D eigenvalue weighted by Gasteiger charge is -2.05. The van der Waals surface area contributed by atoms with Crippen molar-refractivity contribution in [2.75, 3.05) is 38.8 Å². The fourth-order valence-electron chi connectivity index (χ4n) is 1.20. The van der Waals surface area contributed by atoms with Crippen molar-refractivity contribution in [3.05, 3.63) is 17.3 Å². The summed E-state index contributed by atoms with van der Waals surface area (Å²) in [4.78, 5) is 0. The van der Waals surface area contributed by atoms with Gasteiger partial charge in [0.25, 0.3) is 0 Å². The van der Waals surface area contributed by atoms with Gasteiger partial charge in [0.05, 0.1) is 13.2 Å². The first kappa shape index (κ1) is 14.2. The number of ether oxygens (including phenoxy) is 2. The molecule has 0 radical (unpaired) electrons. The van der Waals surface area contributed by atoms with Crippen molar-refractivity contribution in [1.82, 2.24) is 10.2 Å². The highest BCUT2D eigenvalue weighted by Crippen LogP contribution is 2.05. The van der Waals surface area contributed by atoms with E-state index in [-0.39, 0.29) is 0 Å². The second-order valence-electron chi connectivity index (χ2n) is 3.48. The van der Waals surface area contributed by atoms with E-state index < -0.39 is 0 Å². The maximum Gasteiger partial charge on any atom is 0.151 e. The van der Waals surface area contributed by atoms with E-state index in [1.807, 2.05) is 6.07 Å². The molecule has 0 amide bonds. The molecule has 96 valence electrons. The third-order valence-electron chi connectivity index (χ3n) is 2.09. The highest BCUT2D eigenvalue weighted by Gasteiger charge is 1.95. The highest BCUT2D eigenvalue weighted by atomic mass is 35.5. The number of nitrogens with one attached hydrogen (secondary N) is 1. The van der Waals surface area contributed by atoms with E-state index in [1.54, 1.807) is 13.2 Å². The number of halogens is 1. The molecule has 0 bridgehead atoms. The summed E-state index contributed by atoms with van der Waals surface area (Å²) in [7, 11) is 1.67.